The van der Waals surface area contributed by atoms with Gasteiger partial charge < -0.3 is 9.47 Å². The standard InChI is InChI=1S/C26H26BrClN2O5/c1-2-34-22-13-17(21(27)14-23(22)35-15-16-8-10-18(28)11-9-16)12-20-24(31)29-26(33)30(25(20)32)19-6-4-3-5-7-19/h8-14,19H,2-7,15H2,1H3,(H,29,31,33). The van der Waals surface area contributed by atoms with Crippen molar-refractivity contribution >= 4 is 51.5 Å². The van der Waals surface area contributed by atoms with E-state index in [1.807, 2.05) is 19.1 Å². The number of carbonyl (C=O) groups excluding carboxylic acids is 3. The highest BCUT2D eigenvalue weighted by molar-refractivity contribution is 9.10. The van der Waals surface area contributed by atoms with E-state index in [1.165, 1.54) is 11.0 Å². The molecule has 4 rings (SSSR count). The molecule has 2 aromatic rings. The Morgan fingerprint density at radius 3 is 2.43 bits per heavy atom. The first-order valence-electron chi connectivity index (χ1n) is 11.6. The van der Waals surface area contributed by atoms with Gasteiger partial charge in [-0.1, -0.05) is 58.9 Å². The van der Waals surface area contributed by atoms with Crippen molar-refractivity contribution in [1.82, 2.24) is 10.2 Å². The summed E-state index contributed by atoms with van der Waals surface area (Å²) >= 11 is 9.47. The first-order valence-corrected chi connectivity index (χ1v) is 12.8. The molecule has 1 saturated heterocycles. The second-order valence-corrected chi connectivity index (χ2v) is 9.74. The van der Waals surface area contributed by atoms with Gasteiger partial charge in [0.05, 0.1) is 6.61 Å². The van der Waals surface area contributed by atoms with Crippen LogP contribution in [0.5, 0.6) is 11.5 Å². The van der Waals surface area contributed by atoms with Crippen LogP contribution in [-0.2, 0) is 16.2 Å². The van der Waals surface area contributed by atoms with Crippen LogP contribution in [0.15, 0.2) is 46.4 Å². The summed E-state index contributed by atoms with van der Waals surface area (Å²) < 4.78 is 12.4. The molecule has 0 spiro atoms. The van der Waals surface area contributed by atoms with Crippen molar-refractivity contribution in [2.75, 3.05) is 6.61 Å². The molecule has 0 aromatic heterocycles. The van der Waals surface area contributed by atoms with Crippen molar-refractivity contribution in [2.45, 2.75) is 51.7 Å². The molecule has 1 aliphatic carbocycles. The van der Waals surface area contributed by atoms with Gasteiger partial charge in [-0.3, -0.25) is 19.8 Å². The maximum absolute atomic E-state index is 13.2. The molecular formula is C26H26BrClN2O5. The van der Waals surface area contributed by atoms with E-state index in [-0.39, 0.29) is 11.6 Å². The van der Waals surface area contributed by atoms with E-state index in [0.717, 1.165) is 37.7 Å². The molecule has 1 saturated carbocycles. The monoisotopic (exact) mass is 560 g/mol. The zero-order valence-corrected chi connectivity index (χ0v) is 21.7. The number of benzene rings is 2. The van der Waals surface area contributed by atoms with E-state index in [1.54, 1.807) is 24.3 Å². The van der Waals surface area contributed by atoms with E-state index in [2.05, 4.69) is 21.2 Å². The zero-order chi connectivity index (χ0) is 24.9. The molecule has 4 amide bonds. The minimum Gasteiger partial charge on any atom is -0.490 e. The molecule has 0 bridgehead atoms. The lowest BCUT2D eigenvalue weighted by atomic mass is 9.93. The Labute approximate surface area is 217 Å². The van der Waals surface area contributed by atoms with Gasteiger partial charge in [-0.05, 0) is 61.2 Å². The third-order valence-electron chi connectivity index (χ3n) is 6.04. The Morgan fingerprint density at radius 2 is 1.74 bits per heavy atom. The van der Waals surface area contributed by atoms with Gasteiger partial charge in [0.2, 0.25) is 0 Å². The van der Waals surface area contributed by atoms with Gasteiger partial charge >= 0.3 is 6.03 Å². The van der Waals surface area contributed by atoms with Gasteiger partial charge in [0.1, 0.15) is 12.2 Å². The van der Waals surface area contributed by atoms with Crippen LogP contribution in [0, 0.1) is 0 Å². The number of halogens is 2. The number of rotatable bonds is 7. The lowest BCUT2D eigenvalue weighted by Gasteiger charge is -2.35. The summed E-state index contributed by atoms with van der Waals surface area (Å²) in [6.45, 7) is 2.57. The molecule has 35 heavy (non-hydrogen) atoms. The molecule has 1 N–H and O–H groups in total. The van der Waals surface area contributed by atoms with Crippen LogP contribution >= 0.6 is 27.5 Å². The second-order valence-electron chi connectivity index (χ2n) is 8.45. The van der Waals surface area contributed by atoms with Gasteiger partial charge in [0.15, 0.2) is 11.5 Å². The number of carbonyl (C=O) groups is 3. The quantitative estimate of drug-likeness (QED) is 0.337. The first-order chi connectivity index (χ1) is 16.9. The smallest absolute Gasteiger partial charge is 0.331 e. The average Bonchev–Trinajstić information content (AvgIpc) is 2.84. The van der Waals surface area contributed by atoms with Crippen LogP contribution in [0.1, 0.15) is 50.2 Å². The van der Waals surface area contributed by atoms with Crippen LogP contribution in [0.25, 0.3) is 6.08 Å². The summed E-state index contributed by atoms with van der Waals surface area (Å²) in [5.74, 6) is -0.298. The van der Waals surface area contributed by atoms with E-state index in [0.29, 0.717) is 39.8 Å². The molecule has 184 valence electrons. The second kappa shape index (κ2) is 11.3. The SMILES string of the molecule is CCOc1cc(C=C2C(=O)NC(=O)N(C3CCCCC3)C2=O)c(Br)cc1OCc1ccc(Cl)cc1. The fraction of sp³-hybridized carbons (Fsp3) is 0.346. The molecule has 2 fully saturated rings. The predicted octanol–water partition coefficient (Wildman–Crippen LogP) is 5.87. The summed E-state index contributed by atoms with van der Waals surface area (Å²) in [7, 11) is 0. The highest BCUT2D eigenvalue weighted by Gasteiger charge is 2.40. The number of barbiturate groups is 1. The largest absolute Gasteiger partial charge is 0.490 e. The summed E-state index contributed by atoms with van der Waals surface area (Å²) in [4.78, 5) is 39.5. The predicted molar refractivity (Wildman–Crippen MR) is 136 cm³/mol. The highest BCUT2D eigenvalue weighted by atomic mass is 79.9. The van der Waals surface area contributed by atoms with E-state index >= 15 is 0 Å². The average molecular weight is 562 g/mol. The van der Waals surface area contributed by atoms with Crippen molar-refractivity contribution in [3.63, 3.8) is 0 Å². The molecular weight excluding hydrogens is 536 g/mol. The molecule has 9 heteroatoms. The zero-order valence-electron chi connectivity index (χ0n) is 19.3. The van der Waals surface area contributed by atoms with Crippen LogP contribution in [0.3, 0.4) is 0 Å². The number of nitrogens with one attached hydrogen (secondary N) is 1. The van der Waals surface area contributed by atoms with Gasteiger partial charge in [0.25, 0.3) is 11.8 Å². The lowest BCUT2D eigenvalue weighted by Crippen LogP contribution is -2.58. The number of imide groups is 2. The third-order valence-corrected chi connectivity index (χ3v) is 6.98. The summed E-state index contributed by atoms with van der Waals surface area (Å²) in [6, 6.07) is 9.95. The van der Waals surface area contributed by atoms with Crippen LogP contribution < -0.4 is 14.8 Å². The Morgan fingerprint density at radius 1 is 1.06 bits per heavy atom. The number of amides is 4. The molecule has 0 unspecified atom stereocenters. The van der Waals surface area contributed by atoms with Crippen LogP contribution in [0.2, 0.25) is 5.02 Å². The van der Waals surface area contributed by atoms with E-state index < -0.39 is 17.8 Å². The Bertz CT molecular complexity index is 1160. The van der Waals surface area contributed by atoms with Crippen molar-refractivity contribution < 1.29 is 23.9 Å². The van der Waals surface area contributed by atoms with Gasteiger partial charge in [-0.15, -0.1) is 0 Å². The Balaban J connectivity index is 1.61. The molecule has 1 aliphatic heterocycles. The lowest BCUT2D eigenvalue weighted by molar-refractivity contribution is -0.132. The Kier molecular flexibility index (Phi) is 8.13. The summed E-state index contributed by atoms with van der Waals surface area (Å²) in [5.41, 5.74) is 1.41. The van der Waals surface area contributed by atoms with Gasteiger partial charge in [-0.25, -0.2) is 4.79 Å². The minimum absolute atomic E-state index is 0.0897. The number of urea groups is 1. The van der Waals surface area contributed by atoms with Crippen molar-refractivity contribution in [3.8, 4) is 11.5 Å². The summed E-state index contributed by atoms with van der Waals surface area (Å²) in [5, 5.41) is 2.97. The summed E-state index contributed by atoms with van der Waals surface area (Å²) in [6.07, 6.45) is 5.97. The molecule has 7 nitrogen and oxygen atoms in total. The number of hydrogen-bond acceptors (Lipinski definition) is 5. The number of ether oxygens (including phenoxy) is 2. The van der Waals surface area contributed by atoms with E-state index in [4.69, 9.17) is 21.1 Å². The molecule has 0 radical (unpaired) electrons. The van der Waals surface area contributed by atoms with E-state index in [9.17, 15) is 14.4 Å². The topological polar surface area (TPSA) is 84.9 Å². The van der Waals surface area contributed by atoms with Crippen molar-refractivity contribution in [3.05, 3.63) is 62.6 Å². The maximum Gasteiger partial charge on any atom is 0.331 e. The maximum atomic E-state index is 13.2. The fourth-order valence-electron chi connectivity index (χ4n) is 4.28. The normalized spacial score (nSPS) is 18.1. The molecule has 0 atom stereocenters. The molecule has 1 heterocycles. The number of nitrogens with zero attached hydrogens (tertiary/aromatic N) is 1. The first kappa shape index (κ1) is 25.3. The number of hydrogen-bond donors (Lipinski definition) is 1. The Hall–Kier alpha value is -2.84. The van der Waals surface area contributed by atoms with Crippen LogP contribution in [-0.4, -0.2) is 35.4 Å². The van der Waals surface area contributed by atoms with Gasteiger partial charge in [0, 0.05) is 15.5 Å². The van der Waals surface area contributed by atoms with Crippen molar-refractivity contribution in [1.29, 1.82) is 0 Å². The van der Waals surface area contributed by atoms with Gasteiger partial charge in [-0.2, -0.15) is 0 Å². The van der Waals surface area contributed by atoms with Crippen LogP contribution in [0.4, 0.5) is 4.79 Å². The highest BCUT2D eigenvalue weighted by Crippen LogP contribution is 2.36. The third kappa shape index (κ3) is 5.87. The fourth-order valence-corrected chi connectivity index (χ4v) is 4.84. The molecule has 2 aliphatic rings. The molecule has 2 aromatic carbocycles. The minimum atomic E-state index is -0.708. The van der Waals surface area contributed by atoms with Crippen molar-refractivity contribution in [2.24, 2.45) is 0 Å².